The Morgan fingerprint density at radius 3 is 2.41 bits per heavy atom. The van der Waals surface area contributed by atoms with Gasteiger partial charge in [0.25, 0.3) is 0 Å². The molecule has 4 atom stereocenters. The fourth-order valence-corrected chi connectivity index (χ4v) is 4.84. The Morgan fingerprint density at radius 2 is 1.74 bits per heavy atom. The standard InChI is InChI=1S/C23H34N4O6S/c1-34(32,33)18-12-16(23-25-8-6-9-26-23)11-17(13-18)24-7-4-2-3-5-10-27-14-20(29)22(31)21(30)19(27)15-28/h6,8-9,11-13,19-22,24,28-31H,2-5,7,10,14-15H2,1H3/t19-,20+,21-,22-/m1/s1. The summed E-state index contributed by atoms with van der Waals surface area (Å²) in [6, 6.07) is 6.14. The van der Waals surface area contributed by atoms with Gasteiger partial charge in [-0.15, -0.1) is 0 Å². The van der Waals surface area contributed by atoms with E-state index in [-0.39, 0.29) is 18.0 Å². The number of anilines is 1. The predicted molar refractivity (Wildman–Crippen MR) is 128 cm³/mol. The zero-order valence-corrected chi connectivity index (χ0v) is 20.1. The number of aliphatic hydroxyl groups excluding tert-OH is 4. The maximum atomic E-state index is 12.1. The summed E-state index contributed by atoms with van der Waals surface area (Å²) in [4.78, 5) is 10.4. The Labute approximate surface area is 200 Å². The highest BCUT2D eigenvalue weighted by Crippen LogP contribution is 2.25. The summed E-state index contributed by atoms with van der Waals surface area (Å²) in [7, 11) is -3.40. The number of aromatic nitrogens is 2. The molecule has 0 radical (unpaired) electrons. The van der Waals surface area contributed by atoms with Crippen LogP contribution in [0, 0.1) is 0 Å². The van der Waals surface area contributed by atoms with E-state index in [1.807, 2.05) is 11.0 Å². The maximum absolute atomic E-state index is 12.1. The monoisotopic (exact) mass is 494 g/mol. The van der Waals surface area contributed by atoms with Crippen molar-refractivity contribution in [2.45, 2.75) is 54.9 Å². The number of hydrogen-bond acceptors (Lipinski definition) is 10. The number of nitrogens with one attached hydrogen (secondary N) is 1. The van der Waals surface area contributed by atoms with Crippen molar-refractivity contribution < 1.29 is 28.8 Å². The number of nitrogens with zero attached hydrogens (tertiary/aromatic N) is 3. The molecule has 1 aliphatic rings. The van der Waals surface area contributed by atoms with Crippen LogP contribution in [0.5, 0.6) is 0 Å². The van der Waals surface area contributed by atoms with Crippen LogP contribution >= 0.6 is 0 Å². The molecule has 1 saturated heterocycles. The fraction of sp³-hybridized carbons (Fsp3) is 0.565. The van der Waals surface area contributed by atoms with E-state index >= 15 is 0 Å². The second-order valence-electron chi connectivity index (χ2n) is 8.73. The lowest BCUT2D eigenvalue weighted by atomic mass is 9.94. The number of aliphatic hydroxyl groups is 4. The van der Waals surface area contributed by atoms with Gasteiger partial charge in [-0.05, 0) is 43.7 Å². The average molecular weight is 495 g/mol. The van der Waals surface area contributed by atoms with E-state index in [4.69, 9.17) is 0 Å². The van der Waals surface area contributed by atoms with Crippen LogP contribution in [0.3, 0.4) is 0 Å². The van der Waals surface area contributed by atoms with Crippen LogP contribution in [0.2, 0.25) is 0 Å². The molecule has 10 nitrogen and oxygen atoms in total. The molecule has 0 bridgehead atoms. The minimum atomic E-state index is -3.40. The molecule has 0 spiro atoms. The first kappa shape index (κ1) is 26.5. The number of unbranched alkanes of at least 4 members (excludes halogenated alkanes) is 3. The first-order chi connectivity index (χ1) is 16.2. The molecule has 0 unspecified atom stereocenters. The van der Waals surface area contributed by atoms with Crippen LogP contribution in [0.25, 0.3) is 11.4 Å². The zero-order valence-electron chi connectivity index (χ0n) is 19.3. The van der Waals surface area contributed by atoms with Gasteiger partial charge in [0, 0.05) is 43.0 Å². The van der Waals surface area contributed by atoms with E-state index in [1.54, 1.807) is 30.6 Å². The van der Waals surface area contributed by atoms with Gasteiger partial charge in [-0.2, -0.15) is 0 Å². The molecule has 1 aliphatic heterocycles. The van der Waals surface area contributed by atoms with Crippen molar-refractivity contribution in [2.24, 2.45) is 0 Å². The van der Waals surface area contributed by atoms with Gasteiger partial charge in [0.2, 0.25) is 0 Å². The van der Waals surface area contributed by atoms with Gasteiger partial charge in [-0.1, -0.05) is 12.8 Å². The Hall–Kier alpha value is -2.15. The average Bonchev–Trinajstić information content (AvgIpc) is 2.82. The third kappa shape index (κ3) is 6.94. The van der Waals surface area contributed by atoms with Crippen LogP contribution < -0.4 is 5.32 Å². The van der Waals surface area contributed by atoms with E-state index in [1.165, 1.54) is 6.26 Å². The molecule has 2 aromatic rings. The highest BCUT2D eigenvalue weighted by Gasteiger charge is 2.40. The summed E-state index contributed by atoms with van der Waals surface area (Å²) in [5, 5.41) is 42.5. The topological polar surface area (TPSA) is 156 Å². The quantitative estimate of drug-likeness (QED) is 0.275. The van der Waals surface area contributed by atoms with Gasteiger partial charge in [0.05, 0.1) is 23.6 Å². The van der Waals surface area contributed by atoms with Gasteiger partial charge < -0.3 is 25.7 Å². The van der Waals surface area contributed by atoms with Gasteiger partial charge in [-0.25, -0.2) is 18.4 Å². The second-order valence-corrected chi connectivity index (χ2v) is 10.7. The highest BCUT2D eigenvalue weighted by atomic mass is 32.2. The summed E-state index contributed by atoms with van der Waals surface area (Å²) in [5.41, 5.74) is 1.31. The van der Waals surface area contributed by atoms with Crippen molar-refractivity contribution >= 4 is 15.5 Å². The summed E-state index contributed by atoms with van der Waals surface area (Å²) in [6.07, 6.45) is 4.48. The van der Waals surface area contributed by atoms with Gasteiger partial charge in [0.1, 0.15) is 12.2 Å². The molecule has 0 amide bonds. The van der Waals surface area contributed by atoms with Crippen molar-refractivity contribution in [1.29, 1.82) is 0 Å². The third-order valence-electron chi connectivity index (χ3n) is 6.08. The van der Waals surface area contributed by atoms with Crippen molar-refractivity contribution in [3.8, 4) is 11.4 Å². The molecule has 5 N–H and O–H groups in total. The van der Waals surface area contributed by atoms with Crippen LogP contribution in [0.1, 0.15) is 25.7 Å². The lowest BCUT2D eigenvalue weighted by molar-refractivity contribution is -0.145. The van der Waals surface area contributed by atoms with E-state index in [9.17, 15) is 28.8 Å². The van der Waals surface area contributed by atoms with Crippen LogP contribution in [0.15, 0.2) is 41.6 Å². The molecule has 2 heterocycles. The van der Waals surface area contributed by atoms with Crippen LogP contribution in [-0.2, 0) is 9.84 Å². The SMILES string of the molecule is CS(=O)(=O)c1cc(NCCCCCCN2C[C@H](O)[C@@H](O)[C@H](O)[C@H]2CO)cc(-c2ncccn2)c1. The number of piperidine rings is 1. The lowest BCUT2D eigenvalue weighted by Crippen LogP contribution is -2.62. The molecule has 1 aromatic heterocycles. The molecule has 188 valence electrons. The smallest absolute Gasteiger partial charge is 0.175 e. The highest BCUT2D eigenvalue weighted by molar-refractivity contribution is 7.90. The molecule has 0 saturated carbocycles. The Bertz CT molecular complexity index is 1020. The molecular weight excluding hydrogens is 460 g/mol. The largest absolute Gasteiger partial charge is 0.395 e. The molecule has 11 heteroatoms. The third-order valence-corrected chi connectivity index (χ3v) is 7.17. The molecule has 0 aliphatic carbocycles. The molecule has 34 heavy (non-hydrogen) atoms. The summed E-state index contributed by atoms with van der Waals surface area (Å²) in [5.74, 6) is 0.456. The Kier molecular flexibility index (Phi) is 9.34. The van der Waals surface area contributed by atoms with Crippen molar-refractivity contribution in [3.05, 3.63) is 36.7 Å². The van der Waals surface area contributed by atoms with E-state index in [0.717, 1.165) is 25.7 Å². The maximum Gasteiger partial charge on any atom is 0.175 e. The second kappa shape index (κ2) is 12.0. The van der Waals surface area contributed by atoms with Crippen molar-refractivity contribution in [2.75, 3.05) is 37.8 Å². The van der Waals surface area contributed by atoms with E-state index < -0.39 is 34.2 Å². The van der Waals surface area contributed by atoms with E-state index in [2.05, 4.69) is 15.3 Å². The number of likely N-dealkylation sites (tertiary alicyclic amines) is 1. The normalized spacial score (nSPS) is 23.7. The van der Waals surface area contributed by atoms with Crippen LogP contribution in [0.4, 0.5) is 5.69 Å². The van der Waals surface area contributed by atoms with Gasteiger partial charge in [0.15, 0.2) is 15.7 Å². The zero-order chi connectivity index (χ0) is 24.7. The molecular formula is C23H34N4O6S. The van der Waals surface area contributed by atoms with Crippen molar-refractivity contribution in [3.63, 3.8) is 0 Å². The Morgan fingerprint density at radius 1 is 1.03 bits per heavy atom. The number of benzene rings is 1. The fourth-order valence-electron chi connectivity index (χ4n) is 4.15. The summed E-state index contributed by atoms with van der Waals surface area (Å²) < 4.78 is 24.2. The number of hydrogen-bond donors (Lipinski definition) is 5. The molecule has 1 aromatic carbocycles. The summed E-state index contributed by atoms with van der Waals surface area (Å²) >= 11 is 0. The summed E-state index contributed by atoms with van der Waals surface area (Å²) in [6.45, 7) is 1.21. The number of sulfone groups is 1. The first-order valence-electron chi connectivity index (χ1n) is 11.5. The Balaban J connectivity index is 1.47. The lowest BCUT2D eigenvalue weighted by Gasteiger charge is -2.43. The molecule has 1 fully saturated rings. The molecule has 3 rings (SSSR count). The van der Waals surface area contributed by atoms with Gasteiger partial charge >= 0.3 is 0 Å². The predicted octanol–water partition coefficient (Wildman–Crippen LogP) is 0.279. The number of β-amino-alcohol motifs (C(OH)–C–C–N with tert-alkyl or cyclic N) is 1. The van der Waals surface area contributed by atoms with E-state index in [0.29, 0.717) is 30.2 Å². The minimum absolute atomic E-state index is 0.203. The number of rotatable bonds is 11. The minimum Gasteiger partial charge on any atom is -0.395 e. The first-order valence-corrected chi connectivity index (χ1v) is 13.4. The van der Waals surface area contributed by atoms with Crippen LogP contribution in [-0.4, -0.2) is 101 Å². The van der Waals surface area contributed by atoms with Gasteiger partial charge in [-0.3, -0.25) is 4.90 Å². The van der Waals surface area contributed by atoms with Crippen molar-refractivity contribution in [1.82, 2.24) is 14.9 Å².